The van der Waals surface area contributed by atoms with Crippen molar-refractivity contribution in [3.63, 3.8) is 0 Å². The smallest absolute Gasteiger partial charge is 0.246 e. The molecule has 2 aromatic carbocycles. The van der Waals surface area contributed by atoms with Gasteiger partial charge in [0.05, 0.1) is 20.1 Å². The number of hydrogen-bond donors (Lipinski definition) is 4. The number of benzene rings is 2. The number of amides is 12. The highest BCUT2D eigenvalue weighted by molar-refractivity contribution is 9.10. The van der Waals surface area contributed by atoms with Crippen molar-refractivity contribution < 1.29 is 62.3 Å². The summed E-state index contributed by atoms with van der Waals surface area (Å²) in [5.41, 5.74) is -0.647. The lowest BCUT2D eigenvalue weighted by Gasteiger charge is -2.45. The Morgan fingerprint density at radius 1 is 0.688 bits per heavy atom. The van der Waals surface area contributed by atoms with E-state index in [-0.39, 0.29) is 56.0 Å². The molecule has 5 rings (SSSR count). The van der Waals surface area contributed by atoms with Gasteiger partial charge in [-0.25, -0.2) is 0 Å². The third-order valence-corrected chi connectivity index (χ3v) is 20.2. The van der Waals surface area contributed by atoms with E-state index in [1.165, 1.54) is 99.6 Å². The molecule has 12 amide bonds. The van der Waals surface area contributed by atoms with Crippen LogP contribution in [0.15, 0.2) is 46.9 Å². The summed E-state index contributed by atoms with van der Waals surface area (Å²) < 4.78 is 5.99. The number of likely N-dealkylation sites (N-methyl/N-ethyl adjacent to an activating group) is 6. The summed E-state index contributed by atoms with van der Waals surface area (Å²) in [7, 11) is 9.95. The summed E-state index contributed by atoms with van der Waals surface area (Å²) in [6.45, 7) is 15.6. The molecule has 0 saturated carbocycles. The zero-order valence-electron chi connectivity index (χ0n) is 59.1. The van der Waals surface area contributed by atoms with Crippen LogP contribution >= 0.6 is 27.5 Å². The van der Waals surface area contributed by atoms with E-state index in [4.69, 9.17) is 16.3 Å². The number of nitrogens with one attached hydrogen (secondary N) is 4. The molecule has 3 saturated heterocycles. The summed E-state index contributed by atoms with van der Waals surface area (Å²) in [5, 5.41) is 11.6. The number of hydrogen-bond acceptors (Lipinski definition) is 13. The molecule has 0 spiro atoms. The maximum absolute atomic E-state index is 15.1. The van der Waals surface area contributed by atoms with Crippen molar-refractivity contribution >= 4 is 98.4 Å². The van der Waals surface area contributed by atoms with Crippen LogP contribution in [0.1, 0.15) is 144 Å². The third-order valence-electron chi connectivity index (χ3n) is 19.4. The average molecular weight is 1430 g/mol. The molecule has 96 heavy (non-hydrogen) atoms. The Morgan fingerprint density at radius 2 is 1.33 bits per heavy atom. The van der Waals surface area contributed by atoms with Crippen LogP contribution in [0.3, 0.4) is 0 Å². The van der Waals surface area contributed by atoms with Gasteiger partial charge in [0.15, 0.2) is 0 Å². The molecule has 3 heterocycles. The second kappa shape index (κ2) is 35.8. The van der Waals surface area contributed by atoms with Gasteiger partial charge in [-0.2, -0.15) is 0 Å². The third kappa shape index (κ3) is 19.9. The van der Waals surface area contributed by atoms with Gasteiger partial charge in [0.2, 0.25) is 70.9 Å². The van der Waals surface area contributed by atoms with Gasteiger partial charge in [-0.15, -0.1) is 0 Å². The SMILES string of the molecule is CCCC[C@@H]1NC(=O)[C@H](Cc2cc(Br)ccc2Cl)NC(=O)CN(C)C(=O)[C@H](Cc2ccc(OC)cc2)N(C)C(=O)C2CCN2C(=O)[C@H](C)N(C)C(=O)[C@H]([C@@H](C)CC)NC(=O)[C@H](CC)N(C)C(=O)C[C@@H](C(=O)N2CCCCC2)N(C)C(=O)[C@H](CC(C)C)NC(=O)C(C)(C)N(C)C1=O. The number of likely N-dealkylation sites (tertiary alicyclic amines) is 1. The fraction of sp³-hybridized carbons (Fsp3) is 0.652. The van der Waals surface area contributed by atoms with Crippen molar-refractivity contribution in [2.24, 2.45) is 11.8 Å². The summed E-state index contributed by atoms with van der Waals surface area (Å²) in [6.07, 6.45) is 3.38. The zero-order chi connectivity index (χ0) is 71.8. The van der Waals surface area contributed by atoms with E-state index in [2.05, 4.69) is 37.2 Å². The predicted molar refractivity (Wildman–Crippen MR) is 368 cm³/mol. The van der Waals surface area contributed by atoms with Gasteiger partial charge in [-0.1, -0.05) is 100 Å². The molecule has 25 nitrogen and oxygen atoms in total. The Bertz CT molecular complexity index is 3130. The average Bonchev–Trinajstić information content (AvgIpc) is 0.837. The standard InChI is InChI=1S/C69H104BrClN12O13/c1-17-20-24-49-63(90)81(15)69(8,9)68(95)74-51(35-41(4)5)62(89)79(13)55(66(93)82-32-22-21-23-33-82)39-57(85)78(12)52(19-3)60(87)75-58(42(6)18-2)67(94)77(11)43(7)61(88)83-34-31-53(83)65(92)80(14)54(36-44-25-28-47(96-16)29-26-44)64(91)76(10)40-56(84)72-50(59(86)73-49)38-45-37-46(70)27-30-48(45)71/h25-30,37,41-43,49-55,58H,17-24,31-36,38-40H2,1-16H3,(H,72,84)(H,73,86)(H,74,95)(H,75,87)/t42-,43-,49-,50-,51-,52-,53?,54-,55-,58-/m0/s1. The number of carbonyl (C=O) groups excluding carboxylic acids is 12. The highest BCUT2D eigenvalue weighted by atomic mass is 79.9. The number of fused-ring (bicyclic) bond motifs is 1. The van der Waals surface area contributed by atoms with Gasteiger partial charge in [-0.05, 0) is 119 Å². The van der Waals surface area contributed by atoms with Crippen molar-refractivity contribution in [1.82, 2.24) is 60.5 Å². The van der Waals surface area contributed by atoms with Gasteiger partial charge in [0, 0.05) is 84.3 Å². The molecule has 3 aliphatic heterocycles. The van der Waals surface area contributed by atoms with E-state index in [0.29, 0.717) is 66.5 Å². The van der Waals surface area contributed by atoms with E-state index in [9.17, 15) is 52.7 Å². The molecule has 1 unspecified atom stereocenters. The molecule has 0 aliphatic carbocycles. The molecular weight excluding hydrogens is 1320 g/mol. The molecule has 0 radical (unpaired) electrons. The molecule has 4 N–H and O–H groups in total. The Balaban J connectivity index is 1.63. The molecule has 0 bridgehead atoms. The second-order valence-corrected chi connectivity index (χ2v) is 28.2. The Morgan fingerprint density at radius 3 is 1.91 bits per heavy atom. The monoisotopic (exact) mass is 1420 g/mol. The van der Waals surface area contributed by atoms with Crippen LogP contribution in [-0.2, 0) is 70.4 Å². The summed E-state index contributed by atoms with van der Waals surface area (Å²) >= 11 is 10.2. The molecule has 532 valence electrons. The van der Waals surface area contributed by atoms with Crippen molar-refractivity contribution in [1.29, 1.82) is 0 Å². The lowest BCUT2D eigenvalue weighted by atomic mass is 9.95. The lowest BCUT2D eigenvalue weighted by molar-refractivity contribution is -0.160. The number of methoxy groups -OCH3 is 1. The van der Waals surface area contributed by atoms with Crippen molar-refractivity contribution in [2.75, 3.05) is 75.6 Å². The van der Waals surface area contributed by atoms with Gasteiger partial charge in [-0.3, -0.25) is 57.5 Å². The first kappa shape index (κ1) is 79.3. The van der Waals surface area contributed by atoms with E-state index in [1.54, 1.807) is 61.2 Å². The molecule has 10 atom stereocenters. The topological polar surface area (TPSA) is 288 Å². The molecule has 27 heteroatoms. The summed E-state index contributed by atoms with van der Waals surface area (Å²) in [6, 6.07) is 0.606. The summed E-state index contributed by atoms with van der Waals surface area (Å²) in [5.74, 6) is -8.17. The van der Waals surface area contributed by atoms with Gasteiger partial charge >= 0.3 is 0 Å². The zero-order valence-corrected chi connectivity index (χ0v) is 61.4. The number of unbranched alkanes of at least 4 members (excludes halogenated alkanes) is 1. The van der Waals surface area contributed by atoms with E-state index < -0.39 is 150 Å². The van der Waals surface area contributed by atoms with Crippen molar-refractivity contribution in [3.8, 4) is 5.75 Å². The van der Waals surface area contributed by atoms with Gasteiger partial charge in [0.25, 0.3) is 0 Å². The lowest BCUT2D eigenvalue weighted by Crippen LogP contribution is -2.65. The van der Waals surface area contributed by atoms with Crippen LogP contribution in [0.25, 0.3) is 0 Å². The largest absolute Gasteiger partial charge is 0.497 e. The fourth-order valence-corrected chi connectivity index (χ4v) is 12.8. The minimum Gasteiger partial charge on any atom is -0.497 e. The number of halogens is 2. The normalized spacial score (nSPS) is 25.6. The quantitative estimate of drug-likeness (QED) is 0.202. The number of rotatable bonds is 14. The Kier molecular flexibility index (Phi) is 29.6. The minimum absolute atomic E-state index is 0.0453. The van der Waals surface area contributed by atoms with Crippen LogP contribution < -0.4 is 26.0 Å². The van der Waals surface area contributed by atoms with Crippen LogP contribution in [0, 0.1) is 11.8 Å². The van der Waals surface area contributed by atoms with Crippen molar-refractivity contribution in [3.05, 3.63) is 63.1 Å². The van der Waals surface area contributed by atoms with Crippen LogP contribution in [0.5, 0.6) is 5.75 Å². The number of piperidine rings is 1. The van der Waals surface area contributed by atoms with Crippen LogP contribution in [0.4, 0.5) is 0 Å². The fourth-order valence-electron chi connectivity index (χ4n) is 12.2. The van der Waals surface area contributed by atoms with E-state index >= 15 is 4.79 Å². The molecule has 2 aromatic rings. The van der Waals surface area contributed by atoms with Gasteiger partial charge < -0.3 is 65.2 Å². The molecular formula is C69H104BrClN12O13. The van der Waals surface area contributed by atoms with E-state index in [1.807, 2.05) is 27.7 Å². The number of carbonyl (C=O) groups is 12. The summed E-state index contributed by atoms with van der Waals surface area (Å²) in [4.78, 5) is 188. The first-order valence-corrected chi connectivity index (χ1v) is 34.8. The first-order valence-electron chi connectivity index (χ1n) is 33.6. The van der Waals surface area contributed by atoms with Crippen molar-refractivity contribution in [2.45, 2.75) is 206 Å². The van der Waals surface area contributed by atoms with Crippen LogP contribution in [-0.4, -0.2) is 246 Å². The van der Waals surface area contributed by atoms with E-state index in [0.717, 1.165) is 11.3 Å². The first-order chi connectivity index (χ1) is 45.1. The molecule has 0 aromatic heterocycles. The maximum atomic E-state index is 15.1. The number of nitrogens with zero attached hydrogens (tertiary/aromatic N) is 8. The van der Waals surface area contributed by atoms with Gasteiger partial charge in [0.1, 0.15) is 65.7 Å². The molecule has 3 fully saturated rings. The highest BCUT2D eigenvalue weighted by Gasteiger charge is 2.47. The maximum Gasteiger partial charge on any atom is 0.246 e. The van der Waals surface area contributed by atoms with Crippen LogP contribution in [0.2, 0.25) is 5.02 Å². The predicted octanol–water partition coefficient (Wildman–Crippen LogP) is 4.57. The Labute approximate surface area is 580 Å². The highest BCUT2D eigenvalue weighted by Crippen LogP contribution is 2.28. The second-order valence-electron chi connectivity index (χ2n) is 26.9. The number of ether oxygens (including phenoxy) is 1. The Hall–Kier alpha value is -7.35. The minimum atomic E-state index is -1.71. The molecule has 3 aliphatic rings.